The van der Waals surface area contributed by atoms with Crippen molar-refractivity contribution in [3.8, 4) is 28.2 Å². The fraction of sp³-hybridized carbons (Fsp3) is 0. The maximum atomic E-state index is 5.20. The van der Waals surface area contributed by atoms with Gasteiger partial charge < -0.3 is 4.57 Å². The fourth-order valence-electron chi connectivity index (χ4n) is 6.55. The first-order valence-electron chi connectivity index (χ1n) is 14.6. The molecule has 0 radical (unpaired) electrons. The molecular formula is C40H25N3. The van der Waals surface area contributed by atoms with E-state index in [-0.39, 0.29) is 0 Å². The van der Waals surface area contributed by atoms with E-state index in [0.717, 1.165) is 55.5 Å². The molecule has 3 heterocycles. The molecular weight excluding hydrogens is 522 g/mol. The van der Waals surface area contributed by atoms with Gasteiger partial charge in [-0.05, 0) is 47.9 Å². The van der Waals surface area contributed by atoms with Gasteiger partial charge in [-0.25, -0.2) is 9.97 Å². The molecule has 43 heavy (non-hydrogen) atoms. The molecule has 0 amide bonds. The van der Waals surface area contributed by atoms with Crippen LogP contribution in [-0.2, 0) is 0 Å². The van der Waals surface area contributed by atoms with Gasteiger partial charge in [-0.15, -0.1) is 0 Å². The average molecular weight is 548 g/mol. The lowest BCUT2D eigenvalue weighted by atomic mass is 9.99. The number of hydrogen-bond acceptors (Lipinski definition) is 2. The summed E-state index contributed by atoms with van der Waals surface area (Å²) in [5, 5.41) is 7.16. The minimum Gasteiger partial charge on any atom is -0.309 e. The highest BCUT2D eigenvalue weighted by Gasteiger charge is 2.16. The van der Waals surface area contributed by atoms with Crippen molar-refractivity contribution in [1.82, 2.24) is 14.5 Å². The molecule has 0 atom stereocenters. The molecule has 0 saturated heterocycles. The number of benzene rings is 6. The molecule has 3 heteroatoms. The molecule has 0 aliphatic carbocycles. The summed E-state index contributed by atoms with van der Waals surface area (Å²) >= 11 is 0. The van der Waals surface area contributed by atoms with E-state index in [2.05, 4.69) is 150 Å². The van der Waals surface area contributed by atoms with Crippen LogP contribution in [-0.4, -0.2) is 14.5 Å². The number of aromatic nitrogens is 3. The van der Waals surface area contributed by atoms with Crippen LogP contribution in [0.25, 0.3) is 82.6 Å². The summed E-state index contributed by atoms with van der Waals surface area (Å²) in [6.45, 7) is 0. The quantitative estimate of drug-likeness (QED) is 0.206. The van der Waals surface area contributed by atoms with Crippen molar-refractivity contribution in [2.75, 3.05) is 0 Å². The lowest BCUT2D eigenvalue weighted by Gasteiger charge is -2.12. The zero-order valence-electron chi connectivity index (χ0n) is 23.3. The third-order valence-electron chi connectivity index (χ3n) is 8.55. The number of rotatable bonds is 3. The zero-order chi connectivity index (χ0) is 28.3. The summed E-state index contributed by atoms with van der Waals surface area (Å²) in [6.07, 6.45) is 0. The van der Waals surface area contributed by atoms with Gasteiger partial charge in [-0.1, -0.05) is 109 Å². The van der Waals surface area contributed by atoms with Gasteiger partial charge in [0.25, 0.3) is 0 Å². The Bertz CT molecular complexity index is 2520. The largest absolute Gasteiger partial charge is 0.309 e. The lowest BCUT2D eigenvalue weighted by Crippen LogP contribution is -1.95. The molecule has 0 N–H and O–H groups in total. The van der Waals surface area contributed by atoms with Crippen molar-refractivity contribution in [3.63, 3.8) is 0 Å². The van der Waals surface area contributed by atoms with Crippen LogP contribution in [0, 0.1) is 0 Å². The van der Waals surface area contributed by atoms with Gasteiger partial charge in [0.15, 0.2) is 0 Å². The number of pyridine rings is 2. The van der Waals surface area contributed by atoms with Crippen LogP contribution < -0.4 is 0 Å². The number of para-hydroxylation sites is 3. The van der Waals surface area contributed by atoms with Crippen molar-refractivity contribution in [2.24, 2.45) is 0 Å². The van der Waals surface area contributed by atoms with Crippen molar-refractivity contribution >= 4 is 54.4 Å². The van der Waals surface area contributed by atoms with Crippen LogP contribution in [0.3, 0.4) is 0 Å². The summed E-state index contributed by atoms with van der Waals surface area (Å²) in [4.78, 5) is 10.2. The molecule has 0 aliphatic heterocycles. The standard InChI is InChI=1S/C40H25N3/c1-6-17-35-26(10-1)21-23-36(41-35)27-11-9-12-29(24-27)43-38-19-8-5-15-32(38)33-22-20-28(25-39(33)43)40-34-16-3-2-13-30(34)31-14-4-7-18-37(31)42-40/h1-25H. The van der Waals surface area contributed by atoms with Gasteiger partial charge in [0, 0.05) is 43.7 Å². The molecule has 0 spiro atoms. The predicted octanol–water partition coefficient (Wildman–Crippen LogP) is 10.4. The van der Waals surface area contributed by atoms with E-state index in [4.69, 9.17) is 9.97 Å². The monoisotopic (exact) mass is 547 g/mol. The predicted molar refractivity (Wildman–Crippen MR) is 180 cm³/mol. The van der Waals surface area contributed by atoms with Crippen LogP contribution >= 0.6 is 0 Å². The molecule has 3 aromatic heterocycles. The second kappa shape index (κ2) is 9.37. The maximum absolute atomic E-state index is 5.20. The van der Waals surface area contributed by atoms with Crippen molar-refractivity contribution in [2.45, 2.75) is 0 Å². The molecule has 9 rings (SSSR count). The molecule has 0 saturated carbocycles. The Balaban J connectivity index is 1.29. The third kappa shape index (κ3) is 3.75. The minimum absolute atomic E-state index is 0.967. The Morgan fingerprint density at radius 1 is 0.395 bits per heavy atom. The van der Waals surface area contributed by atoms with E-state index in [1.807, 2.05) is 6.07 Å². The Morgan fingerprint density at radius 2 is 1.12 bits per heavy atom. The minimum atomic E-state index is 0.967. The highest BCUT2D eigenvalue weighted by Crippen LogP contribution is 2.38. The van der Waals surface area contributed by atoms with Crippen molar-refractivity contribution in [1.29, 1.82) is 0 Å². The van der Waals surface area contributed by atoms with Crippen molar-refractivity contribution in [3.05, 3.63) is 152 Å². The Labute approximate surface area is 248 Å². The van der Waals surface area contributed by atoms with E-state index in [0.29, 0.717) is 0 Å². The normalized spacial score (nSPS) is 11.7. The molecule has 0 aliphatic rings. The number of nitrogens with zero attached hydrogens (tertiary/aromatic N) is 3. The maximum Gasteiger partial charge on any atom is 0.0788 e. The topological polar surface area (TPSA) is 30.7 Å². The van der Waals surface area contributed by atoms with E-state index in [1.165, 1.54) is 27.1 Å². The van der Waals surface area contributed by atoms with E-state index < -0.39 is 0 Å². The summed E-state index contributed by atoms with van der Waals surface area (Å²) in [7, 11) is 0. The molecule has 9 aromatic rings. The van der Waals surface area contributed by atoms with Gasteiger partial charge in [0.1, 0.15) is 0 Å². The van der Waals surface area contributed by atoms with Crippen LogP contribution in [0.2, 0.25) is 0 Å². The molecule has 0 fully saturated rings. The van der Waals surface area contributed by atoms with Crippen LogP contribution in [0.1, 0.15) is 0 Å². The molecule has 3 nitrogen and oxygen atoms in total. The average Bonchev–Trinajstić information content (AvgIpc) is 3.41. The molecule has 6 aromatic carbocycles. The van der Waals surface area contributed by atoms with Gasteiger partial charge in [0.2, 0.25) is 0 Å². The van der Waals surface area contributed by atoms with Crippen molar-refractivity contribution < 1.29 is 0 Å². The Hall–Kier alpha value is -5.80. The van der Waals surface area contributed by atoms with Gasteiger partial charge in [-0.3, -0.25) is 0 Å². The first-order chi connectivity index (χ1) is 21.3. The summed E-state index contributed by atoms with van der Waals surface area (Å²) in [6, 6.07) is 53.7. The van der Waals surface area contributed by atoms with E-state index in [9.17, 15) is 0 Å². The highest BCUT2D eigenvalue weighted by atomic mass is 15.0. The summed E-state index contributed by atoms with van der Waals surface area (Å²) in [5.74, 6) is 0. The first kappa shape index (κ1) is 23.9. The lowest BCUT2D eigenvalue weighted by molar-refractivity contribution is 1.18. The molecule has 0 bridgehead atoms. The van der Waals surface area contributed by atoms with Crippen LogP contribution in [0.5, 0.6) is 0 Å². The Kier molecular flexibility index (Phi) is 5.20. The summed E-state index contributed by atoms with van der Waals surface area (Å²) in [5.41, 5.74) is 9.60. The van der Waals surface area contributed by atoms with Gasteiger partial charge in [-0.2, -0.15) is 0 Å². The van der Waals surface area contributed by atoms with Crippen LogP contribution in [0.4, 0.5) is 0 Å². The van der Waals surface area contributed by atoms with E-state index in [1.54, 1.807) is 0 Å². The van der Waals surface area contributed by atoms with Gasteiger partial charge >= 0.3 is 0 Å². The highest BCUT2D eigenvalue weighted by molar-refractivity contribution is 6.13. The molecule has 0 unspecified atom stereocenters. The third-order valence-corrected chi connectivity index (χ3v) is 8.55. The number of fused-ring (bicyclic) bond motifs is 7. The molecule has 200 valence electrons. The SMILES string of the molecule is c1cc(-c2ccc3ccccc3n2)cc(-n2c3ccccc3c3ccc(-c4nc5ccccc5c5ccccc45)cc32)c1. The van der Waals surface area contributed by atoms with E-state index >= 15 is 0 Å². The number of hydrogen-bond donors (Lipinski definition) is 0. The fourth-order valence-corrected chi connectivity index (χ4v) is 6.55. The zero-order valence-corrected chi connectivity index (χ0v) is 23.3. The summed E-state index contributed by atoms with van der Waals surface area (Å²) < 4.78 is 2.38. The smallest absolute Gasteiger partial charge is 0.0788 e. The second-order valence-corrected chi connectivity index (χ2v) is 11.0. The second-order valence-electron chi connectivity index (χ2n) is 11.0. The first-order valence-corrected chi connectivity index (χ1v) is 14.6. The Morgan fingerprint density at radius 3 is 2.02 bits per heavy atom. The van der Waals surface area contributed by atoms with Gasteiger partial charge in [0.05, 0.1) is 33.5 Å². The van der Waals surface area contributed by atoms with Crippen LogP contribution in [0.15, 0.2) is 152 Å².